The van der Waals surface area contributed by atoms with Gasteiger partial charge < -0.3 is 4.74 Å². The van der Waals surface area contributed by atoms with Crippen LogP contribution in [0.1, 0.15) is 21.6 Å². The van der Waals surface area contributed by atoms with Crippen LogP contribution in [-0.2, 0) is 5.88 Å². The van der Waals surface area contributed by atoms with Crippen molar-refractivity contribution in [1.29, 1.82) is 0 Å². The van der Waals surface area contributed by atoms with Gasteiger partial charge in [0.1, 0.15) is 5.75 Å². The van der Waals surface area contributed by atoms with Crippen molar-refractivity contribution in [1.82, 2.24) is 4.98 Å². The van der Waals surface area contributed by atoms with E-state index in [4.69, 9.17) is 16.3 Å². The summed E-state index contributed by atoms with van der Waals surface area (Å²) in [5, 5.41) is 5.10. The molecule has 4 nitrogen and oxygen atoms in total. The van der Waals surface area contributed by atoms with Crippen LogP contribution in [-0.4, -0.2) is 18.0 Å². The van der Waals surface area contributed by atoms with Gasteiger partial charge >= 0.3 is 0 Å². The second-order valence-electron chi connectivity index (χ2n) is 3.92. The number of benzene rings is 1. The van der Waals surface area contributed by atoms with Gasteiger partial charge in [-0.3, -0.25) is 10.1 Å². The predicted octanol–water partition coefficient (Wildman–Crippen LogP) is 3.45. The summed E-state index contributed by atoms with van der Waals surface area (Å²) in [7, 11) is 1.58. The minimum Gasteiger partial charge on any atom is -0.496 e. The molecule has 100 valence electrons. The third-order valence-electron chi connectivity index (χ3n) is 2.58. The quantitative estimate of drug-likeness (QED) is 0.879. The summed E-state index contributed by atoms with van der Waals surface area (Å²) >= 11 is 7.02. The lowest BCUT2D eigenvalue weighted by Gasteiger charge is -2.07. The Labute approximate surface area is 120 Å². The number of hydrogen-bond donors (Lipinski definition) is 1. The molecule has 0 unspecified atom stereocenters. The first-order valence-electron chi connectivity index (χ1n) is 5.60. The number of alkyl halides is 1. The lowest BCUT2D eigenvalue weighted by molar-refractivity contribution is 0.102. The fourth-order valence-electron chi connectivity index (χ4n) is 1.56. The lowest BCUT2D eigenvalue weighted by Crippen LogP contribution is -2.12. The fourth-order valence-corrected chi connectivity index (χ4v) is 2.49. The third-order valence-corrected chi connectivity index (χ3v) is 3.66. The Bertz CT molecular complexity index is 598. The van der Waals surface area contributed by atoms with Gasteiger partial charge in [0, 0.05) is 10.9 Å². The van der Waals surface area contributed by atoms with E-state index in [1.54, 1.807) is 19.2 Å². The van der Waals surface area contributed by atoms with Crippen molar-refractivity contribution in [2.45, 2.75) is 12.8 Å². The molecular formula is C13H13ClN2O2S. The number of hydrogen-bond acceptors (Lipinski definition) is 4. The van der Waals surface area contributed by atoms with Gasteiger partial charge in [0.05, 0.1) is 18.7 Å². The van der Waals surface area contributed by atoms with Gasteiger partial charge in [-0.05, 0) is 24.6 Å². The van der Waals surface area contributed by atoms with E-state index in [0.717, 1.165) is 11.3 Å². The molecule has 1 aromatic heterocycles. The summed E-state index contributed by atoms with van der Waals surface area (Å²) in [6, 6.07) is 5.31. The van der Waals surface area contributed by atoms with Crippen molar-refractivity contribution in [2.24, 2.45) is 0 Å². The number of thiazole rings is 1. The molecule has 6 heteroatoms. The summed E-state index contributed by atoms with van der Waals surface area (Å²) in [4.78, 5) is 16.2. The number of rotatable bonds is 4. The van der Waals surface area contributed by atoms with Crippen LogP contribution < -0.4 is 10.1 Å². The summed E-state index contributed by atoms with van der Waals surface area (Å²) < 4.78 is 5.20. The summed E-state index contributed by atoms with van der Waals surface area (Å²) in [6.07, 6.45) is 0. The Morgan fingerprint density at radius 2 is 2.32 bits per heavy atom. The summed E-state index contributed by atoms with van der Waals surface area (Å²) in [5.74, 6) is 0.812. The van der Waals surface area contributed by atoms with Crippen molar-refractivity contribution in [3.8, 4) is 5.75 Å². The highest BCUT2D eigenvalue weighted by Crippen LogP contribution is 2.21. The standard InChI is InChI=1S/C13H13ClN2O2S/c1-8-3-4-9(5-11(8)18-2)12(17)16-13-15-10(6-14)7-19-13/h3-5,7H,6H2,1-2H3,(H,15,16,17). The second-order valence-corrected chi connectivity index (χ2v) is 5.04. The average Bonchev–Trinajstić information content (AvgIpc) is 2.86. The first kappa shape index (κ1) is 13.8. The Hall–Kier alpha value is -1.59. The van der Waals surface area contributed by atoms with Crippen molar-refractivity contribution < 1.29 is 9.53 Å². The van der Waals surface area contributed by atoms with Crippen LogP contribution in [0.15, 0.2) is 23.6 Å². The first-order chi connectivity index (χ1) is 9.13. The van der Waals surface area contributed by atoms with Crippen LogP contribution in [0.3, 0.4) is 0 Å². The molecule has 0 spiro atoms. The van der Waals surface area contributed by atoms with E-state index in [1.807, 2.05) is 18.4 Å². The molecule has 0 saturated heterocycles. The Kier molecular flexibility index (Phi) is 4.39. The molecule has 1 heterocycles. The maximum absolute atomic E-state index is 12.1. The number of amides is 1. The van der Waals surface area contributed by atoms with Gasteiger partial charge in [0.2, 0.25) is 0 Å². The minimum absolute atomic E-state index is 0.214. The molecule has 0 aliphatic carbocycles. The van der Waals surface area contributed by atoms with Crippen molar-refractivity contribution in [3.63, 3.8) is 0 Å². The lowest BCUT2D eigenvalue weighted by atomic mass is 10.1. The minimum atomic E-state index is -0.214. The van der Waals surface area contributed by atoms with Gasteiger partial charge in [-0.2, -0.15) is 0 Å². The van der Waals surface area contributed by atoms with Crippen LogP contribution in [0.25, 0.3) is 0 Å². The van der Waals surface area contributed by atoms with Crippen molar-refractivity contribution in [2.75, 3.05) is 12.4 Å². The molecule has 2 rings (SSSR count). The van der Waals surface area contributed by atoms with Crippen LogP contribution in [0.5, 0.6) is 5.75 Å². The number of carbonyl (C=O) groups excluding carboxylic acids is 1. The molecule has 1 amide bonds. The first-order valence-corrected chi connectivity index (χ1v) is 7.02. The maximum Gasteiger partial charge on any atom is 0.257 e. The van der Waals surface area contributed by atoms with Crippen molar-refractivity contribution >= 4 is 34.0 Å². The Morgan fingerprint density at radius 3 is 2.95 bits per heavy atom. The molecule has 19 heavy (non-hydrogen) atoms. The average molecular weight is 297 g/mol. The number of anilines is 1. The summed E-state index contributed by atoms with van der Waals surface area (Å²) in [6.45, 7) is 1.92. The summed E-state index contributed by atoms with van der Waals surface area (Å²) in [5.41, 5.74) is 2.27. The molecule has 0 saturated carbocycles. The van der Waals surface area contributed by atoms with Gasteiger partial charge in [0.25, 0.3) is 5.91 Å². The largest absolute Gasteiger partial charge is 0.496 e. The van der Waals surface area contributed by atoms with Crippen LogP contribution in [0.4, 0.5) is 5.13 Å². The van der Waals surface area contributed by atoms with Crippen LogP contribution in [0.2, 0.25) is 0 Å². The zero-order valence-corrected chi connectivity index (χ0v) is 12.1. The van der Waals surface area contributed by atoms with E-state index in [9.17, 15) is 4.79 Å². The van der Waals surface area contributed by atoms with Gasteiger partial charge in [0.15, 0.2) is 5.13 Å². The molecule has 0 atom stereocenters. The van der Waals surface area contributed by atoms with E-state index >= 15 is 0 Å². The number of aromatic nitrogens is 1. The molecule has 0 bridgehead atoms. The molecular weight excluding hydrogens is 284 g/mol. The van der Waals surface area contributed by atoms with Crippen LogP contribution >= 0.6 is 22.9 Å². The molecule has 2 aromatic rings. The number of aryl methyl sites for hydroxylation is 1. The number of nitrogens with zero attached hydrogens (tertiary/aromatic N) is 1. The van der Waals surface area contributed by atoms with E-state index < -0.39 is 0 Å². The predicted molar refractivity (Wildman–Crippen MR) is 77.4 cm³/mol. The Morgan fingerprint density at radius 1 is 1.53 bits per heavy atom. The molecule has 0 fully saturated rings. The van der Waals surface area contributed by atoms with Gasteiger partial charge in [-0.1, -0.05) is 6.07 Å². The topological polar surface area (TPSA) is 51.2 Å². The smallest absolute Gasteiger partial charge is 0.257 e. The zero-order valence-electron chi connectivity index (χ0n) is 10.6. The fraction of sp³-hybridized carbons (Fsp3) is 0.231. The molecule has 1 aromatic carbocycles. The van der Waals surface area contributed by atoms with E-state index in [2.05, 4.69) is 10.3 Å². The van der Waals surface area contributed by atoms with Gasteiger partial charge in [-0.15, -0.1) is 22.9 Å². The zero-order chi connectivity index (χ0) is 13.8. The number of halogens is 1. The number of methoxy groups -OCH3 is 1. The van der Waals surface area contributed by atoms with E-state index in [1.165, 1.54) is 11.3 Å². The molecule has 0 radical (unpaired) electrons. The van der Waals surface area contributed by atoms with Gasteiger partial charge in [-0.25, -0.2) is 4.98 Å². The second kappa shape index (κ2) is 6.04. The molecule has 0 aliphatic rings. The van der Waals surface area contributed by atoms with Crippen molar-refractivity contribution in [3.05, 3.63) is 40.4 Å². The third kappa shape index (κ3) is 3.24. The highest BCUT2D eigenvalue weighted by molar-refractivity contribution is 7.14. The van der Waals surface area contributed by atoms with E-state index in [0.29, 0.717) is 22.3 Å². The normalized spacial score (nSPS) is 10.3. The number of ether oxygens (including phenoxy) is 1. The number of carbonyl (C=O) groups is 1. The molecule has 1 N–H and O–H groups in total. The Balaban J connectivity index is 2.15. The SMILES string of the molecule is COc1cc(C(=O)Nc2nc(CCl)cs2)ccc1C. The maximum atomic E-state index is 12.1. The van der Waals surface area contributed by atoms with Crippen LogP contribution in [0, 0.1) is 6.92 Å². The number of nitrogens with one attached hydrogen (secondary N) is 1. The highest BCUT2D eigenvalue weighted by atomic mass is 35.5. The highest BCUT2D eigenvalue weighted by Gasteiger charge is 2.10. The molecule has 0 aliphatic heterocycles. The van der Waals surface area contributed by atoms with E-state index in [-0.39, 0.29) is 5.91 Å². The monoisotopic (exact) mass is 296 g/mol.